The summed E-state index contributed by atoms with van der Waals surface area (Å²) in [7, 11) is -4.15. The predicted molar refractivity (Wildman–Crippen MR) is 146 cm³/mol. The lowest BCUT2D eigenvalue weighted by molar-refractivity contribution is -0.0303. The lowest BCUT2D eigenvalue weighted by atomic mass is 9.77. The Balaban J connectivity index is 1.29. The van der Waals surface area contributed by atoms with Crippen LogP contribution in [0, 0.1) is 11.8 Å². The molecule has 3 N–H and O–H groups in total. The monoisotopic (exact) mass is 528 g/mol. The van der Waals surface area contributed by atoms with Crippen molar-refractivity contribution in [2.24, 2.45) is 11.8 Å². The maximum Gasteiger partial charge on any atom is 0.327 e. The lowest BCUT2D eigenvalue weighted by Crippen LogP contribution is -2.57. The maximum absolute atomic E-state index is 13.7. The molecule has 0 radical (unpaired) electrons. The zero-order valence-electron chi connectivity index (χ0n) is 21.7. The van der Waals surface area contributed by atoms with Gasteiger partial charge in [0.25, 0.3) is 5.56 Å². The molecule has 4 aliphatic rings. The van der Waals surface area contributed by atoms with E-state index in [1.54, 1.807) is 0 Å². The Morgan fingerprint density at radius 1 is 0.865 bits per heavy atom. The molecule has 4 unspecified atom stereocenters. The van der Waals surface area contributed by atoms with Gasteiger partial charge in [0, 0.05) is 30.7 Å². The fraction of sp³-hybridized carbons (Fsp3) is 0.714. The average Bonchev–Trinajstić information content (AvgIpc) is 3.18. The first-order chi connectivity index (χ1) is 17.9. The van der Waals surface area contributed by atoms with Crippen molar-refractivity contribution in [2.75, 3.05) is 18.0 Å². The van der Waals surface area contributed by atoms with E-state index in [0.29, 0.717) is 18.1 Å². The molecule has 2 aromatic rings. The highest BCUT2D eigenvalue weighted by Crippen LogP contribution is 2.46. The molecule has 202 valence electrons. The zero-order chi connectivity index (χ0) is 25.6. The predicted octanol–water partition coefficient (Wildman–Crippen LogP) is 4.90. The minimum Gasteiger partial charge on any atom is -0.365 e. The second-order valence-corrected chi connectivity index (χ2v) is 13.9. The van der Waals surface area contributed by atoms with Crippen molar-refractivity contribution in [3.05, 3.63) is 34.6 Å². The molecule has 9 heteroatoms. The van der Waals surface area contributed by atoms with Gasteiger partial charge in [-0.25, -0.2) is 4.98 Å². The van der Waals surface area contributed by atoms with E-state index in [4.69, 9.17) is 0 Å². The summed E-state index contributed by atoms with van der Waals surface area (Å²) in [5, 5.41) is 2.93. The van der Waals surface area contributed by atoms with Gasteiger partial charge in [-0.15, -0.1) is 0 Å². The van der Waals surface area contributed by atoms with Crippen LogP contribution in [-0.2, 0) is 4.57 Å². The Morgan fingerprint density at radius 2 is 1.51 bits per heavy atom. The van der Waals surface area contributed by atoms with Crippen molar-refractivity contribution in [1.82, 2.24) is 14.5 Å². The maximum atomic E-state index is 13.7. The summed E-state index contributed by atoms with van der Waals surface area (Å²) in [6, 6.07) is 9.63. The Morgan fingerprint density at radius 3 is 2.19 bits per heavy atom. The van der Waals surface area contributed by atoms with Crippen LogP contribution in [0.4, 0.5) is 5.82 Å². The highest BCUT2D eigenvalue weighted by Gasteiger charge is 2.44. The summed E-state index contributed by atoms with van der Waals surface area (Å²) in [5.41, 5.74) is 1.42. The van der Waals surface area contributed by atoms with E-state index >= 15 is 0 Å². The van der Waals surface area contributed by atoms with E-state index in [1.807, 2.05) is 28.8 Å². The van der Waals surface area contributed by atoms with E-state index in [1.165, 1.54) is 64.2 Å². The number of piperidine rings is 2. The third-order valence-corrected chi connectivity index (χ3v) is 10.5. The molecule has 0 spiro atoms. The Hall–Kier alpha value is -1.73. The highest BCUT2D eigenvalue weighted by molar-refractivity contribution is 7.51. The van der Waals surface area contributed by atoms with Gasteiger partial charge < -0.3 is 19.7 Å². The largest absolute Gasteiger partial charge is 0.365 e. The van der Waals surface area contributed by atoms with E-state index in [0.717, 1.165) is 35.7 Å². The second-order valence-electron chi connectivity index (χ2n) is 12.1. The third-order valence-electron chi connectivity index (χ3n) is 9.70. The minimum absolute atomic E-state index is 0.0125. The summed E-state index contributed by atoms with van der Waals surface area (Å²) in [6.07, 6.45) is 15.1. The molecule has 2 saturated heterocycles. The van der Waals surface area contributed by atoms with Crippen LogP contribution in [0.3, 0.4) is 0 Å². The number of para-hydroxylation sites is 2. The third kappa shape index (κ3) is 5.40. The molecular formula is C28H41N4O4P. The lowest BCUT2D eigenvalue weighted by Gasteiger charge is -2.53. The number of nitrogens with zero attached hydrogens (tertiary/aromatic N) is 3. The molecule has 0 amide bonds. The standard InChI is InChI=1S/C28H41N4O4P/c33-28-27(29-13-14-37(34,35)36)30-25-9-1-2-10-26(25)32(28)24-17-21-7-4-8-22(18-24)31(21)23-15-19-5-3-6-20(16-23)12-11-19/h1-2,9-10,19-24H,3-8,11-18H2,(H,29,30)(H2,34,35,36). The van der Waals surface area contributed by atoms with Crippen molar-refractivity contribution < 1.29 is 14.4 Å². The van der Waals surface area contributed by atoms with Crippen LogP contribution in [0.1, 0.15) is 83.1 Å². The molecule has 2 aliphatic carbocycles. The van der Waals surface area contributed by atoms with Crippen molar-refractivity contribution in [3.63, 3.8) is 0 Å². The van der Waals surface area contributed by atoms with Gasteiger partial charge in [0.15, 0.2) is 5.82 Å². The van der Waals surface area contributed by atoms with Crippen LogP contribution >= 0.6 is 7.60 Å². The van der Waals surface area contributed by atoms with Crippen LogP contribution in [0.25, 0.3) is 11.0 Å². The van der Waals surface area contributed by atoms with E-state index < -0.39 is 7.60 Å². The summed E-state index contributed by atoms with van der Waals surface area (Å²) >= 11 is 0. The molecule has 1 aromatic carbocycles. The number of aromatic nitrogens is 2. The minimum atomic E-state index is -4.15. The SMILES string of the molecule is O=c1c(NCCP(=O)(O)O)nc2ccccc2n1C1CC2CCCC(C1)N2C1CC2CCCC(CC2)C1. The fourth-order valence-electron chi connectivity index (χ4n) is 8.18. The molecule has 4 atom stereocenters. The quantitative estimate of drug-likeness (QED) is 0.458. The molecule has 6 rings (SSSR count). The zero-order valence-corrected chi connectivity index (χ0v) is 22.6. The van der Waals surface area contributed by atoms with Crippen molar-refractivity contribution >= 4 is 24.4 Å². The van der Waals surface area contributed by atoms with Gasteiger partial charge >= 0.3 is 7.60 Å². The molecule has 4 bridgehead atoms. The molecule has 2 saturated carbocycles. The summed E-state index contributed by atoms with van der Waals surface area (Å²) in [6.45, 7) is 0.0125. The van der Waals surface area contributed by atoms with Gasteiger partial charge in [-0.3, -0.25) is 14.3 Å². The van der Waals surface area contributed by atoms with Gasteiger partial charge in [0.05, 0.1) is 17.2 Å². The first kappa shape index (κ1) is 25.5. The van der Waals surface area contributed by atoms with Crippen molar-refractivity contribution in [2.45, 2.75) is 101 Å². The summed E-state index contributed by atoms with van der Waals surface area (Å²) < 4.78 is 13.3. The van der Waals surface area contributed by atoms with Gasteiger partial charge in [-0.1, -0.05) is 50.7 Å². The van der Waals surface area contributed by atoms with E-state index in [-0.39, 0.29) is 30.1 Å². The molecule has 3 heterocycles. The molecule has 4 fully saturated rings. The van der Waals surface area contributed by atoms with Gasteiger partial charge in [-0.05, 0) is 62.5 Å². The van der Waals surface area contributed by atoms with Gasteiger partial charge in [0.1, 0.15) is 0 Å². The van der Waals surface area contributed by atoms with Crippen LogP contribution in [0.2, 0.25) is 0 Å². The van der Waals surface area contributed by atoms with Crippen LogP contribution in [-0.4, -0.2) is 55.1 Å². The van der Waals surface area contributed by atoms with Crippen molar-refractivity contribution in [1.29, 1.82) is 0 Å². The van der Waals surface area contributed by atoms with E-state index in [9.17, 15) is 19.1 Å². The topological polar surface area (TPSA) is 108 Å². The van der Waals surface area contributed by atoms with Crippen LogP contribution < -0.4 is 10.9 Å². The fourth-order valence-corrected chi connectivity index (χ4v) is 8.59. The number of anilines is 1. The number of benzene rings is 1. The van der Waals surface area contributed by atoms with Crippen LogP contribution in [0.15, 0.2) is 29.1 Å². The first-order valence-corrected chi connectivity index (χ1v) is 16.2. The molecule has 2 aliphatic heterocycles. The van der Waals surface area contributed by atoms with Crippen molar-refractivity contribution in [3.8, 4) is 0 Å². The van der Waals surface area contributed by atoms with E-state index in [2.05, 4.69) is 15.2 Å². The molecule has 8 nitrogen and oxygen atoms in total. The number of fused-ring (bicyclic) bond motifs is 6. The Kier molecular flexibility index (Phi) is 7.21. The molecule has 1 aromatic heterocycles. The van der Waals surface area contributed by atoms with Gasteiger partial charge in [0.2, 0.25) is 0 Å². The average molecular weight is 529 g/mol. The number of hydrogen-bond acceptors (Lipinski definition) is 5. The molecular weight excluding hydrogens is 487 g/mol. The number of rotatable bonds is 6. The Labute approximate surface area is 219 Å². The smallest absolute Gasteiger partial charge is 0.327 e. The van der Waals surface area contributed by atoms with Crippen LogP contribution in [0.5, 0.6) is 0 Å². The Bertz CT molecular complexity index is 1200. The van der Waals surface area contributed by atoms with Gasteiger partial charge in [-0.2, -0.15) is 0 Å². The highest BCUT2D eigenvalue weighted by atomic mass is 31.2. The first-order valence-electron chi connectivity index (χ1n) is 14.4. The summed E-state index contributed by atoms with van der Waals surface area (Å²) in [5.74, 6) is 1.98. The second kappa shape index (κ2) is 10.4. The number of nitrogens with one attached hydrogen (secondary N) is 1. The summed E-state index contributed by atoms with van der Waals surface area (Å²) in [4.78, 5) is 39.7. The molecule has 37 heavy (non-hydrogen) atoms. The number of hydrogen-bond donors (Lipinski definition) is 3. The normalized spacial score (nSPS) is 32.7.